The van der Waals surface area contributed by atoms with Crippen LogP contribution in [0.1, 0.15) is 0 Å². The molecule has 0 amide bonds. The summed E-state index contributed by atoms with van der Waals surface area (Å²) in [5.74, 6) is 0. The fourth-order valence-corrected chi connectivity index (χ4v) is 3.59. The smallest absolute Gasteiger partial charge is 0.234 e. The molecule has 0 aliphatic rings. The molecule has 5 rings (SSSR count). The van der Waals surface area contributed by atoms with E-state index >= 15 is 0 Å². The average Bonchev–Trinajstić information content (AvgIpc) is 2.57. The lowest BCUT2D eigenvalue weighted by molar-refractivity contribution is 1.60. The van der Waals surface area contributed by atoms with Gasteiger partial charge in [-0.3, -0.25) is 9.59 Å². The first-order chi connectivity index (χ1) is 10.8. The van der Waals surface area contributed by atoms with E-state index in [0.717, 1.165) is 32.3 Å². The van der Waals surface area contributed by atoms with Crippen molar-refractivity contribution >= 4 is 43.1 Å². The maximum Gasteiger partial charge on any atom is 0.234 e. The molecule has 0 saturated heterocycles. The molecule has 5 aromatic carbocycles. The predicted octanol–water partition coefficient (Wildman–Crippen LogP) is 3.90. The van der Waals surface area contributed by atoms with E-state index in [1.54, 1.807) is 6.07 Å². The van der Waals surface area contributed by atoms with Gasteiger partial charge in [0.05, 0.1) is 0 Å². The van der Waals surface area contributed by atoms with Gasteiger partial charge in [-0.15, -0.1) is 0 Å². The molecule has 0 radical (unpaired) electrons. The van der Waals surface area contributed by atoms with E-state index in [2.05, 4.69) is 12.1 Å². The largest absolute Gasteiger partial charge is 0.285 e. The summed E-state index contributed by atoms with van der Waals surface area (Å²) in [6, 6.07) is 19.5. The quantitative estimate of drug-likeness (QED) is 0.245. The summed E-state index contributed by atoms with van der Waals surface area (Å²) in [6.07, 6.45) is 0. The average molecular weight is 282 g/mol. The summed E-state index contributed by atoms with van der Waals surface area (Å²) >= 11 is 0. The summed E-state index contributed by atoms with van der Waals surface area (Å²) in [5.41, 5.74) is -0.803. The van der Waals surface area contributed by atoms with Crippen LogP contribution in [0.5, 0.6) is 0 Å². The van der Waals surface area contributed by atoms with Crippen LogP contribution in [-0.2, 0) is 0 Å². The standard InChI is InChI=1S/C20H10O2/c21-19-15-7-3-5-11-8-9-14-13-6-2-1-4-12(13)10-16(20(19)22)18(14)17(11)15/h1-10H. The fraction of sp³-hybridized carbons (Fsp3) is 0. The van der Waals surface area contributed by atoms with Gasteiger partial charge >= 0.3 is 0 Å². The zero-order chi connectivity index (χ0) is 14.8. The summed E-state index contributed by atoms with van der Waals surface area (Å²) in [4.78, 5) is 25.0. The van der Waals surface area contributed by atoms with Crippen LogP contribution in [0.4, 0.5) is 0 Å². The molecule has 0 heterocycles. The van der Waals surface area contributed by atoms with E-state index in [-0.39, 0.29) is 0 Å². The number of hydrogen-bond donors (Lipinski definition) is 0. The molecule has 102 valence electrons. The van der Waals surface area contributed by atoms with E-state index in [1.165, 1.54) is 0 Å². The highest BCUT2D eigenvalue weighted by molar-refractivity contribution is 6.28. The second-order valence-electron chi connectivity index (χ2n) is 5.70. The lowest BCUT2D eigenvalue weighted by atomic mass is 9.90. The van der Waals surface area contributed by atoms with Crippen molar-refractivity contribution in [1.29, 1.82) is 0 Å². The monoisotopic (exact) mass is 282 g/mol. The summed E-state index contributed by atoms with van der Waals surface area (Å²) < 4.78 is 0. The van der Waals surface area contributed by atoms with Crippen molar-refractivity contribution in [3.05, 3.63) is 81.1 Å². The second kappa shape index (κ2) is 3.80. The van der Waals surface area contributed by atoms with E-state index in [1.807, 2.05) is 42.5 Å². The van der Waals surface area contributed by atoms with Crippen LogP contribution in [0.15, 0.2) is 70.3 Å². The highest BCUT2D eigenvalue weighted by Crippen LogP contribution is 2.35. The summed E-state index contributed by atoms with van der Waals surface area (Å²) in [6.45, 7) is 0. The van der Waals surface area contributed by atoms with Crippen molar-refractivity contribution in [2.75, 3.05) is 0 Å². The molecular weight excluding hydrogens is 272 g/mol. The second-order valence-corrected chi connectivity index (χ2v) is 5.70. The van der Waals surface area contributed by atoms with E-state index < -0.39 is 10.9 Å². The van der Waals surface area contributed by atoms with Crippen LogP contribution in [0, 0.1) is 0 Å². The van der Waals surface area contributed by atoms with Crippen molar-refractivity contribution in [3.63, 3.8) is 0 Å². The topological polar surface area (TPSA) is 34.1 Å². The third kappa shape index (κ3) is 1.25. The fourth-order valence-electron chi connectivity index (χ4n) is 3.59. The zero-order valence-electron chi connectivity index (χ0n) is 11.6. The van der Waals surface area contributed by atoms with Gasteiger partial charge in [0.15, 0.2) is 0 Å². The van der Waals surface area contributed by atoms with Gasteiger partial charge in [-0.1, -0.05) is 54.6 Å². The summed E-state index contributed by atoms with van der Waals surface area (Å²) in [7, 11) is 0. The normalized spacial score (nSPS) is 12.0. The molecule has 5 aromatic rings. The third-order valence-electron chi connectivity index (χ3n) is 4.56. The van der Waals surface area contributed by atoms with Gasteiger partial charge in [-0.05, 0) is 27.6 Å². The molecule has 2 nitrogen and oxygen atoms in total. The Balaban J connectivity index is 2.32. The van der Waals surface area contributed by atoms with Crippen molar-refractivity contribution in [1.82, 2.24) is 0 Å². The molecule has 22 heavy (non-hydrogen) atoms. The van der Waals surface area contributed by atoms with Gasteiger partial charge < -0.3 is 0 Å². The van der Waals surface area contributed by atoms with E-state index in [9.17, 15) is 9.59 Å². The van der Waals surface area contributed by atoms with Gasteiger partial charge in [0, 0.05) is 21.5 Å². The number of hydrogen-bond acceptors (Lipinski definition) is 2. The van der Waals surface area contributed by atoms with Gasteiger partial charge in [0.2, 0.25) is 10.9 Å². The van der Waals surface area contributed by atoms with Crippen molar-refractivity contribution in [2.45, 2.75) is 0 Å². The first-order valence-corrected chi connectivity index (χ1v) is 7.22. The summed E-state index contributed by atoms with van der Waals surface area (Å²) in [5, 5.41) is 7.02. The minimum Gasteiger partial charge on any atom is -0.285 e. The Morgan fingerprint density at radius 1 is 0.500 bits per heavy atom. The minimum absolute atomic E-state index is 0.401. The molecule has 0 bridgehead atoms. The van der Waals surface area contributed by atoms with Crippen molar-refractivity contribution in [3.8, 4) is 0 Å². The molecule has 0 N–H and O–H groups in total. The molecule has 0 spiro atoms. The minimum atomic E-state index is -0.402. The number of rotatable bonds is 0. The Labute approximate surface area is 124 Å². The molecule has 0 fully saturated rings. The maximum absolute atomic E-state index is 12.5. The Bertz CT molecular complexity index is 1300. The van der Waals surface area contributed by atoms with Gasteiger partial charge in [-0.25, -0.2) is 0 Å². The van der Waals surface area contributed by atoms with Crippen molar-refractivity contribution in [2.24, 2.45) is 0 Å². The first kappa shape index (κ1) is 11.6. The highest BCUT2D eigenvalue weighted by atomic mass is 16.2. The third-order valence-corrected chi connectivity index (χ3v) is 4.56. The molecule has 0 saturated carbocycles. The van der Waals surface area contributed by atoms with E-state index in [0.29, 0.717) is 10.8 Å². The first-order valence-electron chi connectivity index (χ1n) is 7.22. The van der Waals surface area contributed by atoms with Crippen LogP contribution < -0.4 is 10.9 Å². The molecule has 2 heteroatoms. The molecule has 0 atom stereocenters. The zero-order valence-corrected chi connectivity index (χ0v) is 11.6. The lowest BCUT2D eigenvalue weighted by Gasteiger charge is -2.11. The Kier molecular flexibility index (Phi) is 2.01. The highest BCUT2D eigenvalue weighted by Gasteiger charge is 2.16. The van der Waals surface area contributed by atoms with E-state index in [4.69, 9.17) is 0 Å². The van der Waals surface area contributed by atoms with Crippen LogP contribution in [0.25, 0.3) is 43.1 Å². The maximum atomic E-state index is 12.5. The Morgan fingerprint density at radius 3 is 2.14 bits per heavy atom. The van der Waals surface area contributed by atoms with Crippen LogP contribution in [0.2, 0.25) is 0 Å². The SMILES string of the molecule is O=c1c(=O)c2cc3ccccc3c3ccc4cccc1c4c23. The Hall–Kier alpha value is -3.00. The van der Waals surface area contributed by atoms with Gasteiger partial charge in [-0.2, -0.15) is 0 Å². The molecule has 0 aliphatic carbocycles. The van der Waals surface area contributed by atoms with Gasteiger partial charge in [0.1, 0.15) is 0 Å². The Morgan fingerprint density at radius 2 is 1.23 bits per heavy atom. The molecule has 0 aliphatic heterocycles. The molecule has 0 aromatic heterocycles. The number of fused-ring (bicyclic) bond motifs is 2. The lowest BCUT2D eigenvalue weighted by Crippen LogP contribution is -2.24. The number of benzene rings is 5. The van der Waals surface area contributed by atoms with Gasteiger partial charge in [0.25, 0.3) is 0 Å². The van der Waals surface area contributed by atoms with Crippen LogP contribution in [0.3, 0.4) is 0 Å². The van der Waals surface area contributed by atoms with Crippen LogP contribution in [-0.4, -0.2) is 0 Å². The molecule has 0 unspecified atom stereocenters. The molecular formula is C20H10O2. The van der Waals surface area contributed by atoms with Crippen LogP contribution >= 0.6 is 0 Å². The van der Waals surface area contributed by atoms with Crippen molar-refractivity contribution < 1.29 is 0 Å². The predicted molar refractivity (Wildman–Crippen MR) is 91.4 cm³/mol.